The van der Waals surface area contributed by atoms with Crippen molar-refractivity contribution in [1.82, 2.24) is 0 Å². The van der Waals surface area contributed by atoms with Gasteiger partial charge in [-0.05, 0) is 25.2 Å². The van der Waals surface area contributed by atoms with Crippen LogP contribution in [0.4, 0.5) is 0 Å². The van der Waals surface area contributed by atoms with Gasteiger partial charge in [-0.25, -0.2) is 0 Å². The van der Waals surface area contributed by atoms with Gasteiger partial charge in [-0.3, -0.25) is 14.4 Å². The molecule has 2 atom stereocenters. The normalized spacial score (nSPS) is 12.5. The molecular formula is C44H84O6. The largest absolute Gasteiger partial charge is 0.462 e. The van der Waals surface area contributed by atoms with Crippen LogP contribution in [-0.2, 0) is 28.6 Å². The molecule has 0 fully saturated rings. The molecule has 0 spiro atoms. The third-order valence-corrected chi connectivity index (χ3v) is 10.2. The van der Waals surface area contributed by atoms with Gasteiger partial charge in [0, 0.05) is 19.3 Å². The summed E-state index contributed by atoms with van der Waals surface area (Å²) in [6.07, 6.45) is 36.5. The van der Waals surface area contributed by atoms with Crippen molar-refractivity contribution in [3.05, 3.63) is 0 Å². The third-order valence-electron chi connectivity index (χ3n) is 10.2. The van der Waals surface area contributed by atoms with E-state index in [0.29, 0.717) is 19.3 Å². The molecule has 0 saturated carbocycles. The first kappa shape index (κ1) is 48.4. The fourth-order valence-electron chi connectivity index (χ4n) is 6.42. The highest BCUT2D eigenvalue weighted by molar-refractivity contribution is 5.71. The Bertz CT molecular complexity index is 753. The summed E-state index contributed by atoms with van der Waals surface area (Å²) < 4.78 is 16.7. The second-order valence-corrected chi connectivity index (χ2v) is 15.2. The van der Waals surface area contributed by atoms with E-state index in [1.807, 2.05) is 0 Å². The van der Waals surface area contributed by atoms with Crippen molar-refractivity contribution in [2.75, 3.05) is 13.2 Å². The summed E-state index contributed by atoms with van der Waals surface area (Å²) in [4.78, 5) is 37.6. The molecule has 6 heteroatoms. The average Bonchev–Trinajstić information content (AvgIpc) is 3.11. The number of hydrogen-bond acceptors (Lipinski definition) is 6. The zero-order chi connectivity index (χ0) is 36.8. The van der Waals surface area contributed by atoms with Gasteiger partial charge < -0.3 is 14.2 Å². The van der Waals surface area contributed by atoms with E-state index in [0.717, 1.165) is 63.7 Å². The molecule has 0 aromatic heterocycles. The Labute approximate surface area is 310 Å². The molecule has 0 aliphatic heterocycles. The van der Waals surface area contributed by atoms with Gasteiger partial charge in [0.25, 0.3) is 0 Å². The number of rotatable bonds is 39. The van der Waals surface area contributed by atoms with Gasteiger partial charge in [-0.1, -0.05) is 201 Å². The summed E-state index contributed by atoms with van der Waals surface area (Å²) in [5.41, 5.74) is 0. The van der Waals surface area contributed by atoms with Crippen molar-refractivity contribution in [3.63, 3.8) is 0 Å². The van der Waals surface area contributed by atoms with E-state index in [1.54, 1.807) is 0 Å². The maximum atomic E-state index is 12.7. The lowest BCUT2D eigenvalue weighted by Gasteiger charge is -2.18. The highest BCUT2D eigenvalue weighted by atomic mass is 16.6. The fraction of sp³-hybridized carbons (Fsp3) is 0.932. The summed E-state index contributed by atoms with van der Waals surface area (Å²) >= 11 is 0. The summed E-state index contributed by atoms with van der Waals surface area (Å²) in [5.74, 6) is -0.0160. The monoisotopic (exact) mass is 709 g/mol. The second-order valence-electron chi connectivity index (χ2n) is 15.2. The molecule has 296 valence electrons. The lowest BCUT2D eigenvalue weighted by atomic mass is 9.99. The summed E-state index contributed by atoms with van der Waals surface area (Å²) in [6.45, 7) is 8.96. The van der Waals surface area contributed by atoms with Crippen LogP contribution in [0.25, 0.3) is 0 Å². The van der Waals surface area contributed by atoms with Crippen molar-refractivity contribution in [3.8, 4) is 0 Å². The highest BCUT2D eigenvalue weighted by Crippen LogP contribution is 2.16. The van der Waals surface area contributed by atoms with E-state index in [9.17, 15) is 14.4 Å². The first-order valence-electron chi connectivity index (χ1n) is 21.9. The fourth-order valence-corrected chi connectivity index (χ4v) is 6.42. The van der Waals surface area contributed by atoms with Gasteiger partial charge in [0.2, 0.25) is 0 Å². The zero-order valence-corrected chi connectivity index (χ0v) is 33.9. The smallest absolute Gasteiger partial charge is 0.306 e. The number of carbonyl (C=O) groups is 3. The van der Waals surface area contributed by atoms with Crippen molar-refractivity contribution < 1.29 is 28.6 Å². The maximum Gasteiger partial charge on any atom is 0.306 e. The summed E-state index contributed by atoms with van der Waals surface area (Å²) in [6, 6.07) is 0. The van der Waals surface area contributed by atoms with Crippen LogP contribution in [0.2, 0.25) is 0 Å². The molecule has 1 unspecified atom stereocenters. The van der Waals surface area contributed by atoms with Crippen LogP contribution >= 0.6 is 0 Å². The zero-order valence-electron chi connectivity index (χ0n) is 33.9. The number of hydrogen-bond donors (Lipinski definition) is 0. The SMILES string of the molecule is CCCCCCCCCCCCCC(=O)OC[C@@H](COC(=O)CCCCCCCCCCC)OC(=O)CCCCCCCCCCC(C)CC. The molecule has 0 aliphatic rings. The molecule has 0 radical (unpaired) electrons. The van der Waals surface area contributed by atoms with Crippen LogP contribution in [-0.4, -0.2) is 37.2 Å². The van der Waals surface area contributed by atoms with E-state index in [-0.39, 0.29) is 31.1 Å². The number of carbonyl (C=O) groups excluding carboxylic acids is 3. The van der Waals surface area contributed by atoms with Gasteiger partial charge in [-0.15, -0.1) is 0 Å². The molecule has 0 bridgehead atoms. The maximum absolute atomic E-state index is 12.7. The van der Waals surface area contributed by atoms with Gasteiger partial charge in [0.05, 0.1) is 0 Å². The topological polar surface area (TPSA) is 78.9 Å². The number of unbranched alkanes of at least 4 members (excludes halogenated alkanes) is 25. The van der Waals surface area contributed by atoms with Crippen LogP contribution in [0.3, 0.4) is 0 Å². The Hall–Kier alpha value is -1.59. The van der Waals surface area contributed by atoms with Gasteiger partial charge in [0.15, 0.2) is 6.10 Å². The number of esters is 3. The molecule has 50 heavy (non-hydrogen) atoms. The van der Waals surface area contributed by atoms with Crippen molar-refractivity contribution in [2.24, 2.45) is 5.92 Å². The van der Waals surface area contributed by atoms with E-state index < -0.39 is 6.10 Å². The molecular weight excluding hydrogens is 624 g/mol. The Morgan fingerprint density at radius 3 is 1.04 bits per heavy atom. The van der Waals surface area contributed by atoms with E-state index >= 15 is 0 Å². The molecule has 0 saturated heterocycles. The quantitative estimate of drug-likeness (QED) is 0.0359. The van der Waals surface area contributed by atoms with Crippen molar-refractivity contribution >= 4 is 17.9 Å². The Morgan fingerprint density at radius 2 is 0.700 bits per heavy atom. The van der Waals surface area contributed by atoms with Crippen LogP contribution < -0.4 is 0 Å². The molecule has 0 N–H and O–H groups in total. The summed E-state index contributed by atoms with van der Waals surface area (Å²) in [5, 5.41) is 0. The average molecular weight is 709 g/mol. The van der Waals surface area contributed by atoms with Crippen LogP contribution in [0, 0.1) is 5.92 Å². The van der Waals surface area contributed by atoms with Gasteiger partial charge in [-0.2, -0.15) is 0 Å². The molecule has 0 heterocycles. The van der Waals surface area contributed by atoms with Crippen LogP contribution in [0.5, 0.6) is 0 Å². The van der Waals surface area contributed by atoms with Crippen LogP contribution in [0.1, 0.15) is 240 Å². The van der Waals surface area contributed by atoms with Gasteiger partial charge >= 0.3 is 17.9 Å². The lowest BCUT2D eigenvalue weighted by molar-refractivity contribution is -0.167. The van der Waals surface area contributed by atoms with Gasteiger partial charge in [0.1, 0.15) is 13.2 Å². The first-order valence-corrected chi connectivity index (χ1v) is 21.9. The minimum Gasteiger partial charge on any atom is -0.462 e. The molecule has 6 nitrogen and oxygen atoms in total. The molecule has 0 aliphatic carbocycles. The second kappa shape index (κ2) is 38.6. The standard InChI is InChI=1S/C44H84O6/c1-5-8-10-12-14-16-17-19-24-28-32-36-43(46)49-39-41(38-48-42(45)35-31-27-23-18-15-13-11-9-6-2)50-44(47)37-33-29-25-21-20-22-26-30-34-40(4)7-3/h40-41H,5-39H2,1-4H3/t40?,41-/m1/s1. The Kier molecular flexibility index (Phi) is 37.4. The predicted molar refractivity (Wildman–Crippen MR) is 210 cm³/mol. The third kappa shape index (κ3) is 36.2. The molecule has 0 amide bonds. The molecule has 0 rings (SSSR count). The lowest BCUT2D eigenvalue weighted by Crippen LogP contribution is -2.30. The van der Waals surface area contributed by atoms with E-state index in [2.05, 4.69) is 27.7 Å². The predicted octanol–water partition coefficient (Wildman–Crippen LogP) is 13.6. The molecule has 0 aromatic rings. The van der Waals surface area contributed by atoms with E-state index in [4.69, 9.17) is 14.2 Å². The van der Waals surface area contributed by atoms with Crippen molar-refractivity contribution in [2.45, 2.75) is 246 Å². The number of ether oxygens (including phenoxy) is 3. The van der Waals surface area contributed by atoms with Crippen molar-refractivity contribution in [1.29, 1.82) is 0 Å². The van der Waals surface area contributed by atoms with E-state index in [1.165, 1.54) is 135 Å². The highest BCUT2D eigenvalue weighted by Gasteiger charge is 2.19. The Morgan fingerprint density at radius 1 is 0.400 bits per heavy atom. The molecule has 0 aromatic carbocycles. The Balaban J connectivity index is 4.34. The minimum atomic E-state index is -0.758. The first-order chi connectivity index (χ1) is 24.4. The summed E-state index contributed by atoms with van der Waals surface area (Å²) in [7, 11) is 0. The minimum absolute atomic E-state index is 0.0645. The van der Waals surface area contributed by atoms with Crippen LogP contribution in [0.15, 0.2) is 0 Å².